The summed E-state index contributed by atoms with van der Waals surface area (Å²) in [5.41, 5.74) is 2.28. The Balaban J connectivity index is 2.23. The predicted molar refractivity (Wildman–Crippen MR) is 79.9 cm³/mol. The highest BCUT2D eigenvalue weighted by Crippen LogP contribution is 2.04. The first-order chi connectivity index (χ1) is 9.08. The van der Waals surface area contributed by atoms with Crippen LogP contribution in [0.3, 0.4) is 0 Å². The number of nitrogens with one attached hydrogen (secondary N) is 2. The topological polar surface area (TPSA) is 44.4 Å². The second-order valence-corrected chi connectivity index (χ2v) is 4.80. The smallest absolute Gasteiger partial charge is 0.318 e. The molecule has 0 aliphatic rings. The number of carbonyl (C=O) groups excluding carboxylic acids is 1. The summed E-state index contributed by atoms with van der Waals surface area (Å²) >= 11 is 0. The lowest BCUT2D eigenvalue weighted by atomic mass is 10.1. The molecular formula is C15H23N3O. The highest BCUT2D eigenvalue weighted by Gasteiger charge is 1.96. The summed E-state index contributed by atoms with van der Waals surface area (Å²) < 4.78 is 0. The Morgan fingerprint density at radius 1 is 1.37 bits per heavy atom. The van der Waals surface area contributed by atoms with E-state index < -0.39 is 0 Å². The van der Waals surface area contributed by atoms with E-state index in [1.165, 1.54) is 5.56 Å². The zero-order valence-corrected chi connectivity index (χ0v) is 11.9. The van der Waals surface area contributed by atoms with E-state index in [4.69, 9.17) is 0 Å². The fourth-order valence-electron chi connectivity index (χ4n) is 1.64. The standard InChI is InChI=1S/C15H23N3O/c1-13-6-4-7-14(12-13)8-10-17-15(19)16-9-5-11-18(2)3/h4,6-8,10,12H,5,9,11H2,1-3H3,(H2,16,17,19)/b10-8+. The van der Waals surface area contributed by atoms with Gasteiger partial charge in [0.2, 0.25) is 0 Å². The molecule has 19 heavy (non-hydrogen) atoms. The SMILES string of the molecule is Cc1cccc(/C=C/NC(=O)NCCCN(C)C)c1. The van der Waals surface area contributed by atoms with Crippen LogP contribution in [0.25, 0.3) is 6.08 Å². The number of aryl methyl sites for hydroxylation is 1. The van der Waals surface area contributed by atoms with Crippen LogP contribution in [0.1, 0.15) is 17.5 Å². The van der Waals surface area contributed by atoms with Crippen molar-refractivity contribution in [3.63, 3.8) is 0 Å². The van der Waals surface area contributed by atoms with Gasteiger partial charge in [-0.25, -0.2) is 4.79 Å². The first kappa shape index (κ1) is 15.2. The van der Waals surface area contributed by atoms with Gasteiger partial charge >= 0.3 is 6.03 Å². The number of hydrogen-bond donors (Lipinski definition) is 2. The molecule has 1 aromatic carbocycles. The fraction of sp³-hybridized carbons (Fsp3) is 0.400. The van der Waals surface area contributed by atoms with Crippen LogP contribution < -0.4 is 10.6 Å². The summed E-state index contributed by atoms with van der Waals surface area (Å²) in [7, 11) is 4.04. The summed E-state index contributed by atoms with van der Waals surface area (Å²) in [6.07, 6.45) is 4.49. The van der Waals surface area contributed by atoms with Gasteiger partial charge in [0.1, 0.15) is 0 Å². The van der Waals surface area contributed by atoms with E-state index in [0.29, 0.717) is 6.54 Å². The molecule has 0 atom stereocenters. The van der Waals surface area contributed by atoms with E-state index in [0.717, 1.165) is 18.5 Å². The maximum absolute atomic E-state index is 11.5. The largest absolute Gasteiger partial charge is 0.338 e. The molecule has 0 unspecified atom stereocenters. The molecule has 0 aliphatic carbocycles. The van der Waals surface area contributed by atoms with Crippen LogP contribution in [-0.2, 0) is 0 Å². The van der Waals surface area contributed by atoms with Crippen molar-refractivity contribution in [3.8, 4) is 0 Å². The third kappa shape index (κ3) is 7.26. The second kappa shape index (κ2) is 8.32. The minimum absolute atomic E-state index is 0.164. The van der Waals surface area contributed by atoms with Crippen molar-refractivity contribution in [2.24, 2.45) is 0 Å². The van der Waals surface area contributed by atoms with E-state index >= 15 is 0 Å². The molecule has 0 aliphatic heterocycles. The van der Waals surface area contributed by atoms with Gasteiger partial charge in [-0.1, -0.05) is 29.8 Å². The Morgan fingerprint density at radius 3 is 2.84 bits per heavy atom. The van der Waals surface area contributed by atoms with Crippen LogP contribution in [0, 0.1) is 6.92 Å². The number of urea groups is 1. The zero-order chi connectivity index (χ0) is 14.1. The van der Waals surface area contributed by atoms with Gasteiger partial charge in [-0.2, -0.15) is 0 Å². The van der Waals surface area contributed by atoms with Crippen molar-refractivity contribution in [2.45, 2.75) is 13.3 Å². The van der Waals surface area contributed by atoms with Crippen LogP contribution >= 0.6 is 0 Å². The first-order valence-electron chi connectivity index (χ1n) is 6.50. The van der Waals surface area contributed by atoms with Crippen LogP contribution in [0.4, 0.5) is 4.79 Å². The monoisotopic (exact) mass is 261 g/mol. The van der Waals surface area contributed by atoms with Crippen molar-refractivity contribution in [1.82, 2.24) is 15.5 Å². The van der Waals surface area contributed by atoms with Crippen molar-refractivity contribution in [2.75, 3.05) is 27.2 Å². The predicted octanol–water partition coefficient (Wildman–Crippen LogP) is 2.22. The molecule has 0 bridgehead atoms. The Kier molecular flexibility index (Phi) is 6.68. The lowest BCUT2D eigenvalue weighted by Crippen LogP contribution is -2.33. The van der Waals surface area contributed by atoms with Gasteiger partial charge in [-0.05, 0) is 45.6 Å². The van der Waals surface area contributed by atoms with Gasteiger partial charge in [-0.3, -0.25) is 0 Å². The Hall–Kier alpha value is -1.81. The molecule has 0 saturated heterocycles. The minimum Gasteiger partial charge on any atom is -0.338 e. The van der Waals surface area contributed by atoms with E-state index in [2.05, 4.69) is 21.6 Å². The fourth-order valence-corrected chi connectivity index (χ4v) is 1.64. The highest BCUT2D eigenvalue weighted by atomic mass is 16.2. The molecular weight excluding hydrogens is 238 g/mol. The average Bonchev–Trinajstić information content (AvgIpc) is 2.34. The third-order valence-corrected chi connectivity index (χ3v) is 2.60. The van der Waals surface area contributed by atoms with Gasteiger partial charge in [0.25, 0.3) is 0 Å². The van der Waals surface area contributed by atoms with Gasteiger partial charge in [0.15, 0.2) is 0 Å². The molecule has 4 heteroatoms. The molecule has 0 fully saturated rings. The van der Waals surface area contributed by atoms with E-state index in [1.54, 1.807) is 6.20 Å². The number of amides is 2. The summed E-state index contributed by atoms with van der Waals surface area (Å²) in [4.78, 5) is 13.6. The Labute approximate surface area is 115 Å². The van der Waals surface area contributed by atoms with Gasteiger partial charge in [0, 0.05) is 12.7 Å². The Bertz CT molecular complexity index is 427. The first-order valence-corrected chi connectivity index (χ1v) is 6.50. The van der Waals surface area contributed by atoms with Crippen LogP contribution in [-0.4, -0.2) is 38.1 Å². The molecule has 2 amide bonds. The highest BCUT2D eigenvalue weighted by molar-refractivity contribution is 5.75. The number of rotatable bonds is 6. The minimum atomic E-state index is -0.164. The molecule has 0 heterocycles. The van der Waals surface area contributed by atoms with Crippen molar-refractivity contribution < 1.29 is 4.79 Å². The number of carbonyl (C=O) groups is 1. The molecule has 4 nitrogen and oxygen atoms in total. The third-order valence-electron chi connectivity index (χ3n) is 2.60. The number of nitrogens with zero attached hydrogens (tertiary/aromatic N) is 1. The maximum Gasteiger partial charge on any atom is 0.318 e. The van der Waals surface area contributed by atoms with Crippen molar-refractivity contribution in [1.29, 1.82) is 0 Å². The summed E-state index contributed by atoms with van der Waals surface area (Å²) in [6.45, 7) is 3.70. The molecule has 0 spiro atoms. The van der Waals surface area contributed by atoms with E-state index in [9.17, 15) is 4.79 Å². The van der Waals surface area contributed by atoms with Crippen LogP contribution in [0.15, 0.2) is 30.5 Å². The molecule has 0 aromatic heterocycles. The van der Waals surface area contributed by atoms with Crippen LogP contribution in [0.2, 0.25) is 0 Å². The average molecular weight is 261 g/mol. The molecule has 104 valence electrons. The summed E-state index contributed by atoms with van der Waals surface area (Å²) in [5.74, 6) is 0. The summed E-state index contributed by atoms with van der Waals surface area (Å²) in [6, 6.07) is 7.94. The second-order valence-electron chi connectivity index (χ2n) is 4.80. The van der Waals surface area contributed by atoms with Gasteiger partial charge in [0.05, 0.1) is 0 Å². The number of hydrogen-bond acceptors (Lipinski definition) is 2. The summed E-state index contributed by atoms with van der Waals surface area (Å²) in [5, 5.41) is 5.50. The normalized spacial score (nSPS) is 10.9. The lowest BCUT2D eigenvalue weighted by Gasteiger charge is -2.09. The zero-order valence-electron chi connectivity index (χ0n) is 11.9. The van der Waals surface area contributed by atoms with Crippen molar-refractivity contribution in [3.05, 3.63) is 41.6 Å². The molecule has 2 N–H and O–H groups in total. The maximum atomic E-state index is 11.5. The lowest BCUT2D eigenvalue weighted by molar-refractivity contribution is 0.243. The molecule has 0 saturated carbocycles. The molecule has 1 aromatic rings. The quantitative estimate of drug-likeness (QED) is 0.771. The van der Waals surface area contributed by atoms with Gasteiger partial charge in [-0.15, -0.1) is 0 Å². The van der Waals surface area contributed by atoms with Gasteiger partial charge < -0.3 is 15.5 Å². The van der Waals surface area contributed by atoms with Crippen molar-refractivity contribution >= 4 is 12.1 Å². The van der Waals surface area contributed by atoms with E-state index in [-0.39, 0.29) is 6.03 Å². The number of benzene rings is 1. The molecule has 1 rings (SSSR count). The molecule has 0 radical (unpaired) electrons. The van der Waals surface area contributed by atoms with Crippen LogP contribution in [0.5, 0.6) is 0 Å². The Morgan fingerprint density at radius 2 is 2.16 bits per heavy atom. The van der Waals surface area contributed by atoms with E-state index in [1.807, 2.05) is 45.3 Å².